The zero-order valence-electron chi connectivity index (χ0n) is 11.7. The average molecular weight is 274 g/mol. The largest absolute Gasteiger partial charge is 0.464 e. The molecule has 0 saturated carbocycles. The van der Waals surface area contributed by atoms with Gasteiger partial charge in [-0.15, -0.1) is 0 Å². The molecule has 0 rings (SSSR count). The Labute approximate surface area is 113 Å². The molecule has 0 fully saturated rings. The van der Waals surface area contributed by atoms with Crippen molar-refractivity contribution in [2.45, 2.75) is 39.7 Å². The van der Waals surface area contributed by atoms with Crippen LogP contribution in [0.5, 0.6) is 0 Å². The van der Waals surface area contributed by atoms with Gasteiger partial charge >= 0.3 is 18.0 Å². The van der Waals surface area contributed by atoms with Crippen molar-refractivity contribution in [2.75, 3.05) is 19.8 Å². The van der Waals surface area contributed by atoms with Crippen molar-refractivity contribution in [3.05, 3.63) is 0 Å². The number of hydrogen-bond donors (Lipinski definition) is 2. The first-order chi connectivity index (χ1) is 9.06. The second-order valence-electron chi connectivity index (χ2n) is 3.69. The van der Waals surface area contributed by atoms with Crippen LogP contribution < -0.4 is 10.6 Å². The quantitative estimate of drug-likeness (QED) is 0.383. The fourth-order valence-electron chi connectivity index (χ4n) is 1.23. The van der Waals surface area contributed by atoms with E-state index < -0.39 is 24.0 Å². The molecule has 2 amide bonds. The molecule has 110 valence electrons. The summed E-state index contributed by atoms with van der Waals surface area (Å²) < 4.78 is 9.43. The number of carbonyl (C=O) groups excluding carboxylic acids is 3. The summed E-state index contributed by atoms with van der Waals surface area (Å²) in [6, 6.07) is -2.03. The lowest BCUT2D eigenvalue weighted by atomic mass is 10.3. The first-order valence-electron chi connectivity index (χ1n) is 6.44. The summed E-state index contributed by atoms with van der Waals surface area (Å²) in [7, 11) is 0. The minimum absolute atomic E-state index is 0.119. The second-order valence-corrected chi connectivity index (χ2v) is 3.69. The third-order valence-electron chi connectivity index (χ3n) is 2.14. The van der Waals surface area contributed by atoms with E-state index in [4.69, 9.17) is 9.47 Å². The molecule has 0 heterocycles. The molecule has 2 N–H and O–H groups in total. The number of carbonyl (C=O) groups is 3. The Morgan fingerprint density at radius 1 is 1.00 bits per heavy atom. The van der Waals surface area contributed by atoms with Crippen LogP contribution >= 0.6 is 0 Å². The summed E-state index contributed by atoms with van der Waals surface area (Å²) in [5, 5.41) is 4.79. The van der Waals surface area contributed by atoms with Gasteiger partial charge < -0.3 is 20.1 Å². The van der Waals surface area contributed by atoms with E-state index in [9.17, 15) is 14.4 Å². The van der Waals surface area contributed by atoms with Gasteiger partial charge in [0.2, 0.25) is 6.04 Å². The summed E-state index contributed by atoms with van der Waals surface area (Å²) in [4.78, 5) is 34.6. The van der Waals surface area contributed by atoms with Crippen molar-refractivity contribution in [3.63, 3.8) is 0 Å². The molecule has 0 radical (unpaired) electrons. The minimum atomic E-state index is -1.43. The molecular weight excluding hydrogens is 252 g/mol. The third kappa shape index (κ3) is 7.28. The molecule has 0 spiro atoms. The van der Waals surface area contributed by atoms with Crippen molar-refractivity contribution < 1.29 is 23.9 Å². The van der Waals surface area contributed by atoms with Gasteiger partial charge in [0, 0.05) is 6.54 Å². The van der Waals surface area contributed by atoms with Crippen molar-refractivity contribution >= 4 is 18.0 Å². The van der Waals surface area contributed by atoms with Gasteiger partial charge in [-0.05, 0) is 20.3 Å². The highest BCUT2D eigenvalue weighted by molar-refractivity contribution is 6.02. The molecule has 0 bridgehead atoms. The summed E-state index contributed by atoms with van der Waals surface area (Å²) >= 11 is 0. The topological polar surface area (TPSA) is 93.7 Å². The Bertz CT molecular complexity index is 288. The van der Waals surface area contributed by atoms with Crippen LogP contribution in [0.1, 0.15) is 33.6 Å². The maximum Gasteiger partial charge on any atom is 0.340 e. The Balaban J connectivity index is 4.44. The standard InChI is InChI=1S/C12H22N2O5/c1-4-7-8-13-12(17)14-9(10(15)18-5-2)11(16)19-6-3/h9H,4-8H2,1-3H3,(H2,13,14,17). The second kappa shape index (κ2) is 10.2. The molecule has 0 aliphatic rings. The Morgan fingerprint density at radius 3 is 1.95 bits per heavy atom. The molecular formula is C12H22N2O5. The molecule has 0 saturated heterocycles. The number of urea groups is 1. The van der Waals surface area contributed by atoms with Gasteiger partial charge in [0.25, 0.3) is 0 Å². The molecule has 0 atom stereocenters. The van der Waals surface area contributed by atoms with E-state index >= 15 is 0 Å². The lowest BCUT2D eigenvalue weighted by molar-refractivity contribution is -0.157. The fourth-order valence-corrected chi connectivity index (χ4v) is 1.23. The van der Waals surface area contributed by atoms with Crippen LogP contribution in [0.25, 0.3) is 0 Å². The van der Waals surface area contributed by atoms with Gasteiger partial charge in [0.05, 0.1) is 13.2 Å². The molecule has 19 heavy (non-hydrogen) atoms. The van der Waals surface area contributed by atoms with Gasteiger partial charge in [-0.2, -0.15) is 0 Å². The molecule has 7 nitrogen and oxygen atoms in total. The lowest BCUT2D eigenvalue weighted by Crippen LogP contribution is -2.51. The van der Waals surface area contributed by atoms with E-state index in [1.54, 1.807) is 13.8 Å². The number of hydrogen-bond acceptors (Lipinski definition) is 5. The van der Waals surface area contributed by atoms with Gasteiger partial charge in [0.15, 0.2) is 0 Å². The van der Waals surface area contributed by atoms with Crippen LogP contribution in [0.3, 0.4) is 0 Å². The monoisotopic (exact) mass is 274 g/mol. The highest BCUT2D eigenvalue weighted by Crippen LogP contribution is 1.95. The van der Waals surface area contributed by atoms with E-state index in [-0.39, 0.29) is 13.2 Å². The van der Waals surface area contributed by atoms with E-state index in [2.05, 4.69) is 10.6 Å². The number of rotatable bonds is 8. The van der Waals surface area contributed by atoms with Crippen molar-refractivity contribution in [2.24, 2.45) is 0 Å². The predicted molar refractivity (Wildman–Crippen MR) is 68.5 cm³/mol. The van der Waals surface area contributed by atoms with Gasteiger partial charge in [-0.25, -0.2) is 14.4 Å². The SMILES string of the molecule is CCCCNC(=O)NC(C(=O)OCC)C(=O)OCC. The predicted octanol–water partition coefficient (Wildman–Crippen LogP) is 0.581. The van der Waals surface area contributed by atoms with E-state index in [1.807, 2.05) is 6.92 Å². The minimum Gasteiger partial charge on any atom is -0.464 e. The zero-order valence-corrected chi connectivity index (χ0v) is 11.7. The molecule has 0 aromatic rings. The van der Waals surface area contributed by atoms with Crippen LogP contribution in [0.4, 0.5) is 4.79 Å². The molecule has 0 unspecified atom stereocenters. The van der Waals surface area contributed by atoms with Crippen molar-refractivity contribution in [1.82, 2.24) is 10.6 Å². The van der Waals surface area contributed by atoms with Gasteiger partial charge in [0.1, 0.15) is 0 Å². The van der Waals surface area contributed by atoms with Gasteiger partial charge in [-0.3, -0.25) is 0 Å². The number of esters is 2. The maximum atomic E-state index is 11.6. The highest BCUT2D eigenvalue weighted by Gasteiger charge is 2.31. The summed E-state index contributed by atoms with van der Waals surface area (Å²) in [6.07, 6.45) is 1.75. The fraction of sp³-hybridized carbons (Fsp3) is 0.750. The van der Waals surface area contributed by atoms with Crippen LogP contribution in [0, 0.1) is 0 Å². The van der Waals surface area contributed by atoms with Crippen molar-refractivity contribution in [3.8, 4) is 0 Å². The lowest BCUT2D eigenvalue weighted by Gasteiger charge is -2.16. The first-order valence-corrected chi connectivity index (χ1v) is 6.44. The summed E-state index contributed by atoms with van der Waals surface area (Å²) in [5.41, 5.74) is 0. The maximum absolute atomic E-state index is 11.6. The highest BCUT2D eigenvalue weighted by atomic mass is 16.6. The molecule has 0 aromatic heterocycles. The van der Waals surface area contributed by atoms with E-state index in [0.717, 1.165) is 12.8 Å². The van der Waals surface area contributed by atoms with Crippen LogP contribution in [-0.4, -0.2) is 43.8 Å². The number of unbranched alkanes of at least 4 members (excludes halogenated alkanes) is 1. The Kier molecular flexibility index (Phi) is 9.20. The summed E-state index contributed by atoms with van der Waals surface area (Å²) in [5.74, 6) is -1.65. The smallest absolute Gasteiger partial charge is 0.340 e. The average Bonchev–Trinajstić information content (AvgIpc) is 2.36. The molecule has 0 aliphatic carbocycles. The van der Waals surface area contributed by atoms with E-state index in [0.29, 0.717) is 6.54 Å². The third-order valence-corrected chi connectivity index (χ3v) is 2.14. The van der Waals surface area contributed by atoms with Crippen molar-refractivity contribution in [1.29, 1.82) is 0 Å². The first kappa shape index (κ1) is 17.2. The Hall–Kier alpha value is -1.79. The van der Waals surface area contributed by atoms with E-state index in [1.165, 1.54) is 0 Å². The van der Waals surface area contributed by atoms with Crippen LogP contribution in [0.15, 0.2) is 0 Å². The molecule has 0 aromatic carbocycles. The number of ether oxygens (including phenoxy) is 2. The number of amides is 2. The van der Waals surface area contributed by atoms with Crippen LogP contribution in [0.2, 0.25) is 0 Å². The van der Waals surface area contributed by atoms with Gasteiger partial charge in [-0.1, -0.05) is 13.3 Å². The zero-order chi connectivity index (χ0) is 14.7. The molecule has 0 aliphatic heterocycles. The normalized spacial score (nSPS) is 9.89. The molecule has 7 heteroatoms. The van der Waals surface area contributed by atoms with Crippen LogP contribution in [-0.2, 0) is 19.1 Å². The number of nitrogens with one attached hydrogen (secondary N) is 2. The summed E-state index contributed by atoms with van der Waals surface area (Å²) in [6.45, 7) is 5.92. The Morgan fingerprint density at radius 2 is 1.53 bits per heavy atom.